The van der Waals surface area contributed by atoms with Crippen LogP contribution in [0, 0.1) is 0 Å². The number of anilines is 1. The number of aliphatic hydroxyl groups excluding tert-OH is 1. The van der Waals surface area contributed by atoms with Crippen LogP contribution in [-0.2, 0) is 0 Å². The molecule has 0 saturated carbocycles. The van der Waals surface area contributed by atoms with Crippen LogP contribution in [0.3, 0.4) is 0 Å². The van der Waals surface area contributed by atoms with E-state index in [4.69, 9.17) is 4.74 Å². The Balaban J connectivity index is 2.35. The van der Waals surface area contributed by atoms with Crippen molar-refractivity contribution < 1.29 is 14.9 Å². The lowest BCUT2D eigenvalue weighted by Gasteiger charge is -2.34. The third-order valence-corrected chi connectivity index (χ3v) is 4.89. The van der Waals surface area contributed by atoms with E-state index in [0.29, 0.717) is 17.7 Å². The number of aliphatic hydroxyl groups is 1. The molecule has 4 heteroatoms. The molecule has 2 aromatic carbocycles. The zero-order valence-corrected chi connectivity index (χ0v) is 16.3. The van der Waals surface area contributed by atoms with E-state index in [0.717, 1.165) is 28.0 Å². The molecule has 0 saturated heterocycles. The Hall–Kier alpha value is -2.72. The van der Waals surface area contributed by atoms with Gasteiger partial charge in [0.2, 0.25) is 0 Å². The van der Waals surface area contributed by atoms with Crippen LogP contribution in [0.2, 0.25) is 0 Å². The van der Waals surface area contributed by atoms with Crippen molar-refractivity contribution in [2.45, 2.75) is 38.8 Å². The van der Waals surface area contributed by atoms with E-state index in [2.05, 4.69) is 38.7 Å². The quantitative estimate of drug-likeness (QED) is 0.631. The average Bonchev–Trinajstić information content (AvgIpc) is 2.60. The topological polar surface area (TPSA) is 61.7 Å². The minimum Gasteiger partial charge on any atom is -0.507 e. The molecular weight excluding hydrogens is 338 g/mol. The molecule has 3 N–H and O–H groups in total. The van der Waals surface area contributed by atoms with Gasteiger partial charge in [-0.15, -0.1) is 6.58 Å². The number of phenolic OH excluding ortho intramolecular Hbond substituents is 1. The maximum absolute atomic E-state index is 11.0. The molecule has 1 atom stereocenters. The van der Waals surface area contributed by atoms with Gasteiger partial charge in [0.05, 0.1) is 24.3 Å². The second-order valence-electron chi connectivity index (χ2n) is 7.52. The number of ether oxygens (including phenoxy) is 1. The summed E-state index contributed by atoms with van der Waals surface area (Å²) >= 11 is 0. The average molecular weight is 365 g/mol. The molecule has 4 nitrogen and oxygen atoms in total. The van der Waals surface area contributed by atoms with Crippen LogP contribution in [0.4, 0.5) is 5.69 Å². The summed E-state index contributed by atoms with van der Waals surface area (Å²) in [5.74, 6) is 0.680. The molecular formula is C23H27NO3. The maximum atomic E-state index is 11.0. The van der Waals surface area contributed by atoms with Gasteiger partial charge in [0.1, 0.15) is 11.5 Å². The zero-order chi connectivity index (χ0) is 19.8. The molecule has 0 fully saturated rings. The van der Waals surface area contributed by atoms with Crippen LogP contribution < -0.4 is 10.1 Å². The third kappa shape index (κ3) is 3.45. The van der Waals surface area contributed by atoms with Crippen molar-refractivity contribution in [3.63, 3.8) is 0 Å². The molecule has 1 aliphatic heterocycles. The van der Waals surface area contributed by atoms with Crippen molar-refractivity contribution in [1.29, 1.82) is 0 Å². The van der Waals surface area contributed by atoms with Crippen LogP contribution in [-0.4, -0.2) is 22.9 Å². The number of fused-ring (bicyclic) bond motifs is 1. The van der Waals surface area contributed by atoms with Crippen LogP contribution in [0.1, 0.15) is 44.4 Å². The van der Waals surface area contributed by atoms with Gasteiger partial charge in [-0.2, -0.15) is 0 Å². The second-order valence-corrected chi connectivity index (χ2v) is 7.52. The summed E-state index contributed by atoms with van der Waals surface area (Å²) in [5, 5.41) is 25.0. The first-order valence-corrected chi connectivity index (χ1v) is 9.09. The number of phenols is 1. The van der Waals surface area contributed by atoms with Crippen LogP contribution in [0.25, 0.3) is 16.7 Å². The number of hydrogen-bond acceptors (Lipinski definition) is 4. The van der Waals surface area contributed by atoms with Crippen molar-refractivity contribution in [1.82, 2.24) is 0 Å². The molecule has 0 bridgehead atoms. The van der Waals surface area contributed by atoms with Crippen molar-refractivity contribution in [3.05, 3.63) is 60.2 Å². The molecule has 0 aliphatic carbocycles. The number of nitrogens with one attached hydrogen (secondary N) is 1. The van der Waals surface area contributed by atoms with Crippen molar-refractivity contribution in [2.75, 3.05) is 12.4 Å². The summed E-state index contributed by atoms with van der Waals surface area (Å²) < 4.78 is 5.49. The van der Waals surface area contributed by atoms with Crippen LogP contribution >= 0.6 is 0 Å². The molecule has 142 valence electrons. The van der Waals surface area contributed by atoms with E-state index < -0.39 is 6.10 Å². The lowest BCUT2D eigenvalue weighted by atomic mass is 9.82. The minimum atomic E-state index is -0.747. The van der Waals surface area contributed by atoms with E-state index in [-0.39, 0.29) is 11.3 Å². The summed E-state index contributed by atoms with van der Waals surface area (Å²) in [5.41, 5.74) is 4.95. The number of methoxy groups -OCH3 is 1. The molecule has 27 heavy (non-hydrogen) atoms. The monoisotopic (exact) mass is 365 g/mol. The molecule has 0 amide bonds. The van der Waals surface area contributed by atoms with Gasteiger partial charge in [-0.1, -0.05) is 24.3 Å². The highest BCUT2D eigenvalue weighted by Gasteiger charge is 2.29. The van der Waals surface area contributed by atoms with Gasteiger partial charge >= 0.3 is 0 Å². The number of hydrogen-bond donors (Lipinski definition) is 3. The summed E-state index contributed by atoms with van der Waals surface area (Å²) in [6, 6.07) is 9.11. The summed E-state index contributed by atoms with van der Waals surface area (Å²) in [4.78, 5) is 0. The van der Waals surface area contributed by atoms with E-state index in [9.17, 15) is 10.2 Å². The largest absolute Gasteiger partial charge is 0.507 e. The van der Waals surface area contributed by atoms with Gasteiger partial charge in [0.25, 0.3) is 0 Å². The second kappa shape index (κ2) is 7.12. The molecule has 3 rings (SSSR count). The van der Waals surface area contributed by atoms with Crippen molar-refractivity contribution in [2.24, 2.45) is 0 Å². The zero-order valence-electron chi connectivity index (χ0n) is 16.3. The van der Waals surface area contributed by atoms with E-state index in [1.54, 1.807) is 25.3 Å². The molecule has 0 radical (unpaired) electrons. The van der Waals surface area contributed by atoms with Gasteiger partial charge in [-0.25, -0.2) is 0 Å². The highest BCUT2D eigenvalue weighted by atomic mass is 16.5. The first-order valence-electron chi connectivity index (χ1n) is 9.09. The molecule has 1 heterocycles. The van der Waals surface area contributed by atoms with Gasteiger partial charge < -0.3 is 20.3 Å². The lowest BCUT2D eigenvalue weighted by Crippen LogP contribution is -2.32. The Morgan fingerprint density at radius 3 is 2.63 bits per heavy atom. The minimum absolute atomic E-state index is 0.118. The number of allylic oxidation sites excluding steroid dienone is 1. The molecule has 0 spiro atoms. The van der Waals surface area contributed by atoms with Gasteiger partial charge in [-0.05, 0) is 62.1 Å². The Kier molecular flexibility index (Phi) is 5.03. The summed E-state index contributed by atoms with van der Waals surface area (Å²) in [6.45, 7) is 10.0. The predicted octanol–water partition coefficient (Wildman–Crippen LogP) is 5.28. The number of benzene rings is 2. The third-order valence-electron chi connectivity index (χ3n) is 4.89. The van der Waals surface area contributed by atoms with Gasteiger partial charge in [0.15, 0.2) is 0 Å². The Labute approximate surface area is 160 Å². The van der Waals surface area contributed by atoms with Gasteiger partial charge in [-0.3, -0.25) is 0 Å². The first kappa shape index (κ1) is 19.1. The van der Waals surface area contributed by atoms with E-state index in [1.165, 1.54) is 0 Å². The summed E-state index contributed by atoms with van der Waals surface area (Å²) in [7, 11) is 1.58. The molecule has 0 aromatic heterocycles. The van der Waals surface area contributed by atoms with Gasteiger partial charge in [0, 0.05) is 11.3 Å². The predicted molar refractivity (Wildman–Crippen MR) is 111 cm³/mol. The van der Waals surface area contributed by atoms with Crippen molar-refractivity contribution >= 4 is 11.3 Å². The Morgan fingerprint density at radius 1 is 1.22 bits per heavy atom. The fraction of sp³-hybridized carbons (Fsp3) is 0.304. The molecule has 1 aliphatic rings. The van der Waals surface area contributed by atoms with E-state index >= 15 is 0 Å². The fourth-order valence-corrected chi connectivity index (χ4v) is 3.95. The SMILES string of the molecule is C=CCC(O)c1c(-c2c(O)cccc2OC)ccc2c1C(C)=CC(C)(C)N2. The normalized spacial score (nSPS) is 16.0. The van der Waals surface area contributed by atoms with Crippen LogP contribution in [0.5, 0.6) is 11.5 Å². The van der Waals surface area contributed by atoms with Crippen LogP contribution in [0.15, 0.2) is 49.1 Å². The standard InChI is InChI=1S/C23H27NO3/c1-6-8-17(25)22-15(21-18(26)9-7-10-19(21)27-5)11-12-16-20(22)14(2)13-23(3,4)24-16/h6-7,9-13,17,24-26H,1,8H2,2-5H3. The highest BCUT2D eigenvalue weighted by molar-refractivity contribution is 5.90. The molecule has 1 unspecified atom stereocenters. The first-order chi connectivity index (χ1) is 12.8. The summed E-state index contributed by atoms with van der Waals surface area (Å²) in [6.07, 6.45) is 3.53. The fourth-order valence-electron chi connectivity index (χ4n) is 3.95. The van der Waals surface area contributed by atoms with E-state index in [1.807, 2.05) is 18.2 Å². The number of rotatable bonds is 5. The number of aromatic hydroxyl groups is 1. The Bertz CT molecular complexity index is 912. The lowest BCUT2D eigenvalue weighted by molar-refractivity contribution is 0.182. The van der Waals surface area contributed by atoms with Crippen molar-refractivity contribution in [3.8, 4) is 22.6 Å². The smallest absolute Gasteiger partial charge is 0.130 e. The Morgan fingerprint density at radius 2 is 1.96 bits per heavy atom. The molecule has 2 aromatic rings. The highest BCUT2D eigenvalue weighted by Crippen LogP contribution is 2.47. The maximum Gasteiger partial charge on any atom is 0.130 e.